The van der Waals surface area contributed by atoms with E-state index in [0.29, 0.717) is 16.2 Å². The van der Waals surface area contributed by atoms with E-state index in [0.717, 1.165) is 22.4 Å². The Bertz CT molecular complexity index is 835. The van der Waals surface area contributed by atoms with E-state index in [4.69, 9.17) is 17.3 Å². The molecule has 0 spiro atoms. The number of aromatic nitrogens is 3. The second-order valence-electron chi connectivity index (χ2n) is 5.21. The molecule has 0 atom stereocenters. The van der Waals surface area contributed by atoms with Gasteiger partial charge >= 0.3 is 0 Å². The zero-order valence-electron chi connectivity index (χ0n) is 12.1. The van der Waals surface area contributed by atoms with Crippen LogP contribution in [0.5, 0.6) is 0 Å². The average molecular weight is 299 g/mol. The third-order valence-electron chi connectivity index (χ3n) is 3.44. The van der Waals surface area contributed by atoms with Crippen molar-refractivity contribution in [3.05, 3.63) is 46.1 Å². The highest BCUT2D eigenvalue weighted by Gasteiger charge is 2.15. The summed E-state index contributed by atoms with van der Waals surface area (Å²) in [6.45, 7) is 6.19. The van der Waals surface area contributed by atoms with Gasteiger partial charge in [-0.2, -0.15) is 0 Å². The van der Waals surface area contributed by atoms with Crippen LogP contribution in [0.3, 0.4) is 0 Å². The lowest BCUT2D eigenvalue weighted by Crippen LogP contribution is -2.01. The number of rotatable bonds is 1. The lowest BCUT2D eigenvalue weighted by atomic mass is 9.96. The van der Waals surface area contributed by atoms with Crippen LogP contribution >= 0.6 is 11.6 Å². The number of nitrogen functional groups attached to an aromatic ring is 1. The highest BCUT2D eigenvalue weighted by Crippen LogP contribution is 2.32. The minimum Gasteiger partial charge on any atom is -0.368 e. The van der Waals surface area contributed by atoms with Crippen molar-refractivity contribution in [2.75, 3.05) is 5.73 Å². The Kier molecular flexibility index (Phi) is 3.26. The van der Waals surface area contributed by atoms with Crippen LogP contribution in [0.25, 0.3) is 22.3 Å². The van der Waals surface area contributed by atoms with Crippen LogP contribution < -0.4 is 5.73 Å². The smallest absolute Gasteiger partial charge is 0.221 e. The maximum Gasteiger partial charge on any atom is 0.221 e. The number of halogens is 1. The van der Waals surface area contributed by atoms with Crippen LogP contribution in [-0.4, -0.2) is 15.0 Å². The maximum atomic E-state index is 6.02. The first-order valence-electron chi connectivity index (χ1n) is 6.63. The van der Waals surface area contributed by atoms with E-state index >= 15 is 0 Å². The molecule has 0 amide bonds. The molecular formula is C16H15ClN4. The lowest BCUT2D eigenvalue weighted by Gasteiger charge is -2.13. The van der Waals surface area contributed by atoms with Gasteiger partial charge in [-0.15, -0.1) is 0 Å². The van der Waals surface area contributed by atoms with E-state index in [2.05, 4.69) is 47.9 Å². The molecule has 3 aromatic rings. The Morgan fingerprint density at radius 1 is 0.952 bits per heavy atom. The van der Waals surface area contributed by atoms with Crippen molar-refractivity contribution in [2.45, 2.75) is 20.8 Å². The van der Waals surface area contributed by atoms with Gasteiger partial charge in [-0.05, 0) is 44.0 Å². The van der Waals surface area contributed by atoms with E-state index in [1.165, 1.54) is 5.56 Å². The van der Waals surface area contributed by atoms with Gasteiger partial charge in [-0.1, -0.05) is 29.3 Å². The zero-order valence-corrected chi connectivity index (χ0v) is 12.9. The van der Waals surface area contributed by atoms with Crippen LogP contribution in [0.15, 0.2) is 24.3 Å². The fourth-order valence-electron chi connectivity index (χ4n) is 2.74. The standard InChI is InChI=1S/C16H15ClN4/c1-8-6-9(2)13(10(3)7-8)15-14-11(19-16(18)21-15)4-5-12(17)20-14/h4-7H,1-3H3,(H2,18,19,21). The van der Waals surface area contributed by atoms with Gasteiger partial charge in [-0.3, -0.25) is 0 Å². The average Bonchev–Trinajstić information content (AvgIpc) is 2.38. The number of benzene rings is 1. The first-order chi connectivity index (χ1) is 9.95. The summed E-state index contributed by atoms with van der Waals surface area (Å²) in [5, 5.41) is 0.416. The molecule has 0 fully saturated rings. The highest BCUT2D eigenvalue weighted by atomic mass is 35.5. The van der Waals surface area contributed by atoms with E-state index < -0.39 is 0 Å². The van der Waals surface area contributed by atoms with Gasteiger partial charge in [0, 0.05) is 5.56 Å². The molecule has 106 valence electrons. The minimum absolute atomic E-state index is 0.237. The molecule has 0 aliphatic heterocycles. The number of hydrogen-bond acceptors (Lipinski definition) is 4. The van der Waals surface area contributed by atoms with Gasteiger partial charge in [-0.25, -0.2) is 15.0 Å². The molecule has 2 aromatic heterocycles. The number of nitrogens with zero attached hydrogens (tertiary/aromatic N) is 3. The zero-order chi connectivity index (χ0) is 15.1. The summed E-state index contributed by atoms with van der Waals surface area (Å²) in [6, 6.07) is 7.76. The molecule has 0 aliphatic carbocycles. The molecule has 2 heterocycles. The quantitative estimate of drug-likeness (QED) is 0.693. The van der Waals surface area contributed by atoms with Gasteiger partial charge in [0.2, 0.25) is 5.95 Å². The second-order valence-corrected chi connectivity index (χ2v) is 5.59. The summed E-state index contributed by atoms with van der Waals surface area (Å²) in [5.74, 6) is 0.237. The van der Waals surface area contributed by atoms with Crippen LogP contribution in [0.2, 0.25) is 5.15 Å². The number of fused-ring (bicyclic) bond motifs is 1. The third-order valence-corrected chi connectivity index (χ3v) is 3.65. The van der Waals surface area contributed by atoms with Crippen molar-refractivity contribution < 1.29 is 0 Å². The van der Waals surface area contributed by atoms with Crippen LogP contribution in [0, 0.1) is 20.8 Å². The van der Waals surface area contributed by atoms with Gasteiger partial charge in [0.15, 0.2) is 0 Å². The molecular weight excluding hydrogens is 284 g/mol. The number of aryl methyl sites for hydroxylation is 3. The molecule has 2 N–H and O–H groups in total. The first-order valence-corrected chi connectivity index (χ1v) is 7.01. The predicted octanol–water partition coefficient (Wildman–Crippen LogP) is 3.85. The molecule has 0 saturated carbocycles. The number of nitrogens with two attached hydrogens (primary N) is 1. The monoisotopic (exact) mass is 298 g/mol. The summed E-state index contributed by atoms with van der Waals surface area (Å²) < 4.78 is 0. The molecule has 0 radical (unpaired) electrons. The minimum atomic E-state index is 0.237. The van der Waals surface area contributed by atoms with Crippen LogP contribution in [-0.2, 0) is 0 Å². The molecule has 0 aliphatic rings. The first kappa shape index (κ1) is 13.8. The number of pyridine rings is 1. The maximum absolute atomic E-state index is 6.02. The Labute approximate surface area is 128 Å². The highest BCUT2D eigenvalue weighted by molar-refractivity contribution is 6.29. The Hall–Kier alpha value is -2.20. The molecule has 1 aromatic carbocycles. The molecule has 0 bridgehead atoms. The summed E-state index contributed by atoms with van der Waals surface area (Å²) >= 11 is 6.02. The molecule has 0 saturated heterocycles. The fourth-order valence-corrected chi connectivity index (χ4v) is 2.88. The number of anilines is 1. The van der Waals surface area contributed by atoms with Crippen LogP contribution in [0.4, 0.5) is 5.95 Å². The van der Waals surface area contributed by atoms with Crippen molar-refractivity contribution in [3.63, 3.8) is 0 Å². The van der Waals surface area contributed by atoms with Crippen molar-refractivity contribution in [2.24, 2.45) is 0 Å². The molecule has 5 heteroatoms. The summed E-state index contributed by atoms with van der Waals surface area (Å²) in [5.41, 5.74) is 12.5. The van der Waals surface area contributed by atoms with E-state index in [-0.39, 0.29) is 5.95 Å². The van der Waals surface area contributed by atoms with E-state index in [1.807, 2.05) is 6.07 Å². The van der Waals surface area contributed by atoms with Gasteiger partial charge in [0.1, 0.15) is 16.4 Å². The topological polar surface area (TPSA) is 64.7 Å². The normalized spacial score (nSPS) is 11.0. The summed E-state index contributed by atoms with van der Waals surface area (Å²) in [6.07, 6.45) is 0. The number of hydrogen-bond donors (Lipinski definition) is 1. The fraction of sp³-hybridized carbons (Fsp3) is 0.188. The van der Waals surface area contributed by atoms with Crippen molar-refractivity contribution in [1.82, 2.24) is 15.0 Å². The summed E-state index contributed by atoms with van der Waals surface area (Å²) in [4.78, 5) is 13.0. The summed E-state index contributed by atoms with van der Waals surface area (Å²) in [7, 11) is 0. The predicted molar refractivity (Wildman–Crippen MR) is 86.4 cm³/mol. The SMILES string of the molecule is Cc1cc(C)c(-c2nc(N)nc3ccc(Cl)nc23)c(C)c1. The third kappa shape index (κ3) is 2.43. The Morgan fingerprint density at radius 2 is 1.62 bits per heavy atom. The molecule has 21 heavy (non-hydrogen) atoms. The molecule has 3 rings (SSSR count). The molecule has 0 unspecified atom stereocenters. The molecule has 4 nitrogen and oxygen atoms in total. The van der Waals surface area contributed by atoms with Crippen molar-refractivity contribution >= 4 is 28.6 Å². The van der Waals surface area contributed by atoms with Crippen LogP contribution in [0.1, 0.15) is 16.7 Å². The largest absolute Gasteiger partial charge is 0.368 e. The van der Waals surface area contributed by atoms with Gasteiger partial charge in [0.25, 0.3) is 0 Å². The Morgan fingerprint density at radius 3 is 2.29 bits per heavy atom. The second kappa shape index (κ2) is 4.97. The van der Waals surface area contributed by atoms with Crippen molar-refractivity contribution in [1.29, 1.82) is 0 Å². The Balaban J connectivity index is 2.42. The van der Waals surface area contributed by atoms with E-state index in [1.54, 1.807) is 6.07 Å². The lowest BCUT2D eigenvalue weighted by molar-refractivity contribution is 1.20. The van der Waals surface area contributed by atoms with Gasteiger partial charge < -0.3 is 5.73 Å². The van der Waals surface area contributed by atoms with Gasteiger partial charge in [0.05, 0.1) is 5.52 Å². The van der Waals surface area contributed by atoms with Crippen molar-refractivity contribution in [3.8, 4) is 11.3 Å². The van der Waals surface area contributed by atoms with E-state index in [9.17, 15) is 0 Å².